The molecule has 0 bridgehead atoms. The zero-order chi connectivity index (χ0) is 7.98. The number of hydrogen-bond donors (Lipinski definition) is 1. The Bertz CT molecular complexity index is 175. The first kappa shape index (κ1) is 8.92. The fraction of sp³-hybridized carbons (Fsp3) is 0.111. The average molecular weight is 136 g/mol. The maximum absolute atomic E-state index is 8.51. The second-order valence-electron chi connectivity index (χ2n) is 1.93. The van der Waals surface area contributed by atoms with E-state index in [0.717, 1.165) is 5.57 Å². The number of aliphatic hydroxyl groups is 1. The van der Waals surface area contributed by atoms with Gasteiger partial charge in [-0.15, -0.1) is 0 Å². The maximum Gasteiger partial charge on any atom is 0.0676 e. The Morgan fingerprint density at radius 3 is 2.30 bits per heavy atom. The lowest BCUT2D eigenvalue weighted by Gasteiger charge is -1.90. The monoisotopic (exact) mass is 136 g/mol. The summed E-state index contributed by atoms with van der Waals surface area (Å²) in [5.74, 6) is 0. The van der Waals surface area contributed by atoms with Crippen LogP contribution in [0.25, 0.3) is 0 Å². The van der Waals surface area contributed by atoms with Gasteiger partial charge in [0.2, 0.25) is 0 Å². The zero-order valence-electron chi connectivity index (χ0n) is 6.01. The van der Waals surface area contributed by atoms with Gasteiger partial charge in [0.25, 0.3) is 0 Å². The normalized spacial score (nSPS) is 9.70. The Morgan fingerprint density at radius 1 is 1.30 bits per heavy atom. The van der Waals surface area contributed by atoms with Crippen molar-refractivity contribution >= 4 is 0 Å². The van der Waals surface area contributed by atoms with E-state index in [4.69, 9.17) is 5.11 Å². The molecule has 0 aliphatic carbocycles. The van der Waals surface area contributed by atoms with Gasteiger partial charge in [-0.3, -0.25) is 0 Å². The van der Waals surface area contributed by atoms with E-state index in [2.05, 4.69) is 19.7 Å². The van der Waals surface area contributed by atoms with Gasteiger partial charge in [0.05, 0.1) is 6.61 Å². The molecular weight excluding hydrogens is 124 g/mol. The third kappa shape index (κ3) is 3.87. The lowest BCUT2D eigenvalue weighted by molar-refractivity contribution is 0.335. The molecule has 0 aliphatic heterocycles. The second kappa shape index (κ2) is 4.77. The summed E-state index contributed by atoms with van der Waals surface area (Å²) in [6, 6.07) is 0. The Labute approximate surface area is 61.7 Å². The molecule has 0 aliphatic rings. The van der Waals surface area contributed by atoms with E-state index in [9.17, 15) is 0 Å². The molecule has 1 N–H and O–H groups in total. The van der Waals surface area contributed by atoms with E-state index in [1.165, 1.54) is 0 Å². The summed E-state index contributed by atoms with van der Waals surface area (Å²) in [5, 5.41) is 8.51. The first-order valence-corrected chi connectivity index (χ1v) is 2.98. The van der Waals surface area contributed by atoms with Crippen LogP contribution < -0.4 is 0 Å². The standard InChI is InChI=1S/C9H12O/c1-4-8(2)5-6-9(3)7-10/h4-6,10H,1-3,7H2/b6-5-. The molecule has 1 nitrogen and oxygen atoms in total. The molecule has 0 atom stereocenters. The van der Waals surface area contributed by atoms with Crippen molar-refractivity contribution in [1.29, 1.82) is 0 Å². The third-order valence-corrected chi connectivity index (χ3v) is 0.998. The summed E-state index contributed by atoms with van der Waals surface area (Å²) in [4.78, 5) is 0. The predicted octanol–water partition coefficient (Wildman–Crippen LogP) is 1.83. The summed E-state index contributed by atoms with van der Waals surface area (Å²) in [7, 11) is 0. The molecule has 0 radical (unpaired) electrons. The minimum Gasteiger partial charge on any atom is -0.392 e. The van der Waals surface area contributed by atoms with Crippen LogP contribution in [0.2, 0.25) is 0 Å². The van der Waals surface area contributed by atoms with Gasteiger partial charge in [0.1, 0.15) is 0 Å². The van der Waals surface area contributed by atoms with E-state index >= 15 is 0 Å². The van der Waals surface area contributed by atoms with Gasteiger partial charge < -0.3 is 5.11 Å². The van der Waals surface area contributed by atoms with E-state index in [1.807, 2.05) is 0 Å². The molecule has 0 amide bonds. The Kier molecular flexibility index (Phi) is 4.25. The van der Waals surface area contributed by atoms with Crippen LogP contribution in [0.1, 0.15) is 0 Å². The van der Waals surface area contributed by atoms with Crippen molar-refractivity contribution in [3.8, 4) is 0 Å². The second-order valence-corrected chi connectivity index (χ2v) is 1.93. The van der Waals surface area contributed by atoms with Gasteiger partial charge in [-0.2, -0.15) is 0 Å². The summed E-state index contributed by atoms with van der Waals surface area (Å²) in [6.45, 7) is 10.7. The van der Waals surface area contributed by atoms with Crippen molar-refractivity contribution in [2.75, 3.05) is 6.61 Å². The molecule has 0 spiro atoms. The van der Waals surface area contributed by atoms with Crippen LogP contribution in [-0.4, -0.2) is 11.7 Å². The molecule has 0 saturated carbocycles. The summed E-state index contributed by atoms with van der Waals surface area (Å²) in [6.07, 6.45) is 5.11. The SMILES string of the molecule is C=CC(=C)/C=C\C(=C)CO. The Hall–Kier alpha value is -1.08. The van der Waals surface area contributed by atoms with Crippen LogP contribution >= 0.6 is 0 Å². The van der Waals surface area contributed by atoms with Gasteiger partial charge in [-0.25, -0.2) is 0 Å². The molecule has 0 fully saturated rings. The van der Waals surface area contributed by atoms with Crippen LogP contribution in [0.5, 0.6) is 0 Å². The number of hydrogen-bond acceptors (Lipinski definition) is 1. The first-order chi connectivity index (χ1) is 4.70. The number of rotatable bonds is 4. The topological polar surface area (TPSA) is 20.2 Å². The minimum absolute atomic E-state index is 0.0130. The molecule has 0 aromatic carbocycles. The smallest absolute Gasteiger partial charge is 0.0676 e. The lowest BCUT2D eigenvalue weighted by Crippen LogP contribution is -1.81. The molecular formula is C9H12O. The molecule has 0 saturated heterocycles. The van der Waals surface area contributed by atoms with Crippen molar-refractivity contribution in [2.24, 2.45) is 0 Å². The molecule has 1 heteroatoms. The molecule has 54 valence electrons. The Morgan fingerprint density at radius 2 is 1.90 bits per heavy atom. The predicted molar refractivity (Wildman–Crippen MR) is 44.7 cm³/mol. The average Bonchev–Trinajstić information content (AvgIpc) is 1.99. The molecule has 0 aromatic rings. The highest BCUT2D eigenvalue weighted by Gasteiger charge is 1.81. The van der Waals surface area contributed by atoms with Gasteiger partial charge >= 0.3 is 0 Å². The van der Waals surface area contributed by atoms with E-state index in [1.54, 1.807) is 18.2 Å². The third-order valence-electron chi connectivity index (χ3n) is 0.998. The van der Waals surface area contributed by atoms with Crippen LogP contribution in [-0.2, 0) is 0 Å². The van der Waals surface area contributed by atoms with Crippen LogP contribution in [0.3, 0.4) is 0 Å². The molecule has 10 heavy (non-hydrogen) atoms. The first-order valence-electron chi connectivity index (χ1n) is 2.98. The van der Waals surface area contributed by atoms with Crippen LogP contribution in [0.15, 0.2) is 49.1 Å². The maximum atomic E-state index is 8.51. The van der Waals surface area contributed by atoms with Crippen molar-refractivity contribution in [2.45, 2.75) is 0 Å². The van der Waals surface area contributed by atoms with Crippen molar-refractivity contribution in [1.82, 2.24) is 0 Å². The quantitative estimate of drug-likeness (QED) is 0.584. The highest BCUT2D eigenvalue weighted by atomic mass is 16.3. The van der Waals surface area contributed by atoms with Crippen molar-refractivity contribution in [3.05, 3.63) is 49.1 Å². The summed E-state index contributed by atoms with van der Waals surface area (Å²) >= 11 is 0. The fourth-order valence-corrected chi connectivity index (χ4v) is 0.346. The molecule has 0 unspecified atom stereocenters. The molecule has 0 rings (SSSR count). The van der Waals surface area contributed by atoms with Gasteiger partial charge in [-0.1, -0.05) is 38.0 Å². The zero-order valence-corrected chi connectivity index (χ0v) is 6.01. The van der Waals surface area contributed by atoms with E-state index < -0.39 is 0 Å². The van der Waals surface area contributed by atoms with Crippen molar-refractivity contribution in [3.63, 3.8) is 0 Å². The van der Waals surface area contributed by atoms with Gasteiger partial charge in [0.15, 0.2) is 0 Å². The van der Waals surface area contributed by atoms with E-state index in [-0.39, 0.29) is 6.61 Å². The summed E-state index contributed by atoms with van der Waals surface area (Å²) < 4.78 is 0. The number of aliphatic hydroxyl groups excluding tert-OH is 1. The summed E-state index contributed by atoms with van der Waals surface area (Å²) in [5.41, 5.74) is 1.48. The Balaban J connectivity index is 3.87. The largest absolute Gasteiger partial charge is 0.392 e. The lowest BCUT2D eigenvalue weighted by atomic mass is 10.2. The van der Waals surface area contributed by atoms with Crippen LogP contribution in [0, 0.1) is 0 Å². The van der Waals surface area contributed by atoms with Crippen LogP contribution in [0.4, 0.5) is 0 Å². The van der Waals surface area contributed by atoms with Gasteiger partial charge in [0, 0.05) is 0 Å². The highest BCUT2D eigenvalue weighted by Crippen LogP contribution is 1.97. The molecule has 0 heterocycles. The minimum atomic E-state index is -0.0130. The van der Waals surface area contributed by atoms with E-state index in [0.29, 0.717) is 5.57 Å². The number of allylic oxidation sites excluding steroid dienone is 3. The fourth-order valence-electron chi connectivity index (χ4n) is 0.346. The van der Waals surface area contributed by atoms with Gasteiger partial charge in [-0.05, 0) is 11.1 Å². The molecule has 0 aromatic heterocycles. The van der Waals surface area contributed by atoms with Crippen molar-refractivity contribution < 1.29 is 5.11 Å². The highest BCUT2D eigenvalue weighted by molar-refractivity contribution is 5.30.